The van der Waals surface area contributed by atoms with E-state index in [0.717, 1.165) is 10.9 Å². The van der Waals surface area contributed by atoms with Crippen molar-refractivity contribution in [2.24, 2.45) is 0 Å². The van der Waals surface area contributed by atoms with Crippen LogP contribution < -0.4 is 5.32 Å². The van der Waals surface area contributed by atoms with E-state index < -0.39 is 11.7 Å². The molecule has 0 aliphatic heterocycles. The molecule has 0 saturated carbocycles. The highest BCUT2D eigenvalue weighted by Gasteiger charge is 2.17. The lowest BCUT2D eigenvalue weighted by molar-refractivity contribution is 0.0635. The molecule has 2 N–H and O–H groups in total. The summed E-state index contributed by atoms with van der Waals surface area (Å²) < 4.78 is 5.14. The van der Waals surface area contributed by atoms with Crippen molar-refractivity contribution in [2.45, 2.75) is 26.4 Å². The van der Waals surface area contributed by atoms with Gasteiger partial charge in [0.2, 0.25) is 0 Å². The van der Waals surface area contributed by atoms with Gasteiger partial charge < -0.3 is 4.74 Å². The fourth-order valence-corrected chi connectivity index (χ4v) is 1.36. The fraction of sp³-hybridized carbons (Fsp3) is 0.364. The van der Waals surface area contributed by atoms with Crippen molar-refractivity contribution in [1.29, 1.82) is 0 Å². The summed E-state index contributed by atoms with van der Waals surface area (Å²) >= 11 is 0. The summed E-state index contributed by atoms with van der Waals surface area (Å²) in [6.07, 6.45) is 2.75. The van der Waals surface area contributed by atoms with Gasteiger partial charge in [-0.3, -0.25) is 15.4 Å². The molecule has 90 valence electrons. The second-order valence-corrected chi connectivity index (χ2v) is 4.62. The number of H-pyrrole nitrogens is 1. The first-order chi connectivity index (χ1) is 7.96. The van der Waals surface area contributed by atoms with Crippen molar-refractivity contribution in [2.75, 3.05) is 5.32 Å². The molecular formula is C11H14N4O2. The number of fused-ring (bicyclic) bond motifs is 1. The summed E-state index contributed by atoms with van der Waals surface area (Å²) in [5, 5.41) is 10.1. The van der Waals surface area contributed by atoms with Gasteiger partial charge in [-0.2, -0.15) is 5.10 Å². The number of pyridine rings is 1. The molecular weight excluding hydrogens is 220 g/mol. The summed E-state index contributed by atoms with van der Waals surface area (Å²) in [6, 6.07) is 1.77. The number of ether oxygens (including phenoxy) is 1. The van der Waals surface area contributed by atoms with Gasteiger partial charge in [-0.1, -0.05) is 0 Å². The van der Waals surface area contributed by atoms with E-state index in [-0.39, 0.29) is 0 Å². The second-order valence-electron chi connectivity index (χ2n) is 4.62. The Morgan fingerprint density at radius 1 is 1.47 bits per heavy atom. The molecule has 0 aromatic carbocycles. The average molecular weight is 234 g/mol. The van der Waals surface area contributed by atoms with Crippen LogP contribution >= 0.6 is 0 Å². The Kier molecular flexibility index (Phi) is 2.71. The van der Waals surface area contributed by atoms with Gasteiger partial charge in [-0.25, -0.2) is 4.79 Å². The first kappa shape index (κ1) is 11.4. The normalized spacial score (nSPS) is 11.5. The SMILES string of the molecule is CC(C)(C)OC(=O)Nc1n[nH]c2cnccc12. The van der Waals surface area contributed by atoms with Crippen LogP contribution in [0.4, 0.5) is 10.6 Å². The van der Waals surface area contributed by atoms with Gasteiger partial charge in [0, 0.05) is 11.6 Å². The first-order valence-electron chi connectivity index (χ1n) is 5.24. The van der Waals surface area contributed by atoms with Crippen molar-refractivity contribution in [3.8, 4) is 0 Å². The monoisotopic (exact) mass is 234 g/mol. The zero-order valence-corrected chi connectivity index (χ0v) is 9.94. The largest absolute Gasteiger partial charge is 0.444 e. The van der Waals surface area contributed by atoms with Crippen LogP contribution in [0.25, 0.3) is 10.9 Å². The van der Waals surface area contributed by atoms with Crippen molar-refractivity contribution in [1.82, 2.24) is 15.2 Å². The summed E-state index contributed by atoms with van der Waals surface area (Å²) in [6.45, 7) is 5.41. The molecule has 2 aromatic heterocycles. The molecule has 1 amide bonds. The Hall–Kier alpha value is -2.11. The molecule has 0 radical (unpaired) electrons. The smallest absolute Gasteiger partial charge is 0.413 e. The van der Waals surface area contributed by atoms with E-state index in [4.69, 9.17) is 4.74 Å². The third-order valence-electron chi connectivity index (χ3n) is 1.98. The Morgan fingerprint density at radius 3 is 2.94 bits per heavy atom. The molecule has 0 bridgehead atoms. The molecule has 2 rings (SSSR count). The Bertz CT molecular complexity index is 542. The Balaban J connectivity index is 2.16. The maximum Gasteiger partial charge on any atom is 0.413 e. The number of carbonyl (C=O) groups is 1. The standard InChI is InChI=1S/C11H14N4O2/c1-11(2,3)17-10(16)13-9-7-4-5-12-6-8(7)14-15-9/h4-6H,1-3H3,(H2,13,14,15,16). The number of nitrogens with zero attached hydrogens (tertiary/aromatic N) is 2. The quantitative estimate of drug-likeness (QED) is 0.793. The molecule has 0 unspecified atom stereocenters. The molecule has 17 heavy (non-hydrogen) atoms. The number of hydrogen-bond acceptors (Lipinski definition) is 4. The van der Waals surface area contributed by atoms with Crippen LogP contribution in [-0.2, 0) is 4.74 Å². The van der Waals surface area contributed by atoms with E-state index in [9.17, 15) is 4.79 Å². The number of anilines is 1. The minimum Gasteiger partial charge on any atom is -0.444 e. The number of hydrogen-bond donors (Lipinski definition) is 2. The van der Waals surface area contributed by atoms with Crippen LogP contribution in [0.5, 0.6) is 0 Å². The highest BCUT2D eigenvalue weighted by atomic mass is 16.6. The van der Waals surface area contributed by atoms with E-state index in [1.54, 1.807) is 39.2 Å². The van der Waals surface area contributed by atoms with Gasteiger partial charge in [-0.15, -0.1) is 0 Å². The molecule has 0 aliphatic carbocycles. The van der Waals surface area contributed by atoms with Crippen molar-refractivity contribution in [3.63, 3.8) is 0 Å². The summed E-state index contributed by atoms with van der Waals surface area (Å²) in [7, 11) is 0. The van der Waals surface area contributed by atoms with Gasteiger partial charge in [0.15, 0.2) is 5.82 Å². The molecule has 0 fully saturated rings. The van der Waals surface area contributed by atoms with E-state index >= 15 is 0 Å². The van der Waals surface area contributed by atoms with Crippen molar-refractivity contribution >= 4 is 22.8 Å². The lowest BCUT2D eigenvalue weighted by Gasteiger charge is -2.19. The van der Waals surface area contributed by atoms with E-state index in [1.807, 2.05) is 0 Å². The van der Waals surface area contributed by atoms with Gasteiger partial charge >= 0.3 is 6.09 Å². The van der Waals surface area contributed by atoms with E-state index in [1.165, 1.54) is 0 Å². The first-order valence-corrected chi connectivity index (χ1v) is 5.24. The zero-order chi connectivity index (χ0) is 12.5. The van der Waals surface area contributed by atoms with Crippen LogP contribution in [0.1, 0.15) is 20.8 Å². The third-order valence-corrected chi connectivity index (χ3v) is 1.98. The minimum atomic E-state index is -0.530. The van der Waals surface area contributed by atoms with Crippen LogP contribution in [0, 0.1) is 0 Å². The van der Waals surface area contributed by atoms with Gasteiger partial charge in [0.1, 0.15) is 5.60 Å². The number of rotatable bonds is 1. The Labute approximate surface area is 98.4 Å². The molecule has 6 heteroatoms. The fourth-order valence-electron chi connectivity index (χ4n) is 1.36. The Morgan fingerprint density at radius 2 is 2.24 bits per heavy atom. The van der Waals surface area contributed by atoms with Gasteiger partial charge in [-0.05, 0) is 26.8 Å². The van der Waals surface area contributed by atoms with Crippen molar-refractivity contribution in [3.05, 3.63) is 18.5 Å². The average Bonchev–Trinajstić information content (AvgIpc) is 2.59. The second kappa shape index (κ2) is 4.04. The summed E-state index contributed by atoms with van der Waals surface area (Å²) in [5.41, 5.74) is 0.233. The third kappa shape index (κ3) is 2.72. The van der Waals surface area contributed by atoms with Crippen LogP contribution in [0.3, 0.4) is 0 Å². The maximum atomic E-state index is 11.6. The zero-order valence-electron chi connectivity index (χ0n) is 9.94. The number of nitrogens with one attached hydrogen (secondary N) is 2. The predicted molar refractivity (Wildman–Crippen MR) is 63.7 cm³/mol. The number of amides is 1. The molecule has 6 nitrogen and oxygen atoms in total. The summed E-state index contributed by atoms with van der Waals surface area (Å²) in [5.74, 6) is 0.441. The van der Waals surface area contributed by atoms with E-state index in [2.05, 4.69) is 20.5 Å². The highest BCUT2D eigenvalue weighted by Crippen LogP contribution is 2.19. The van der Waals surface area contributed by atoms with Gasteiger partial charge in [0.05, 0.1) is 11.7 Å². The number of carbonyl (C=O) groups excluding carboxylic acids is 1. The predicted octanol–water partition coefficient (Wildman–Crippen LogP) is 2.30. The van der Waals surface area contributed by atoms with Crippen LogP contribution in [-0.4, -0.2) is 26.9 Å². The van der Waals surface area contributed by atoms with Crippen molar-refractivity contribution < 1.29 is 9.53 Å². The number of aromatic amines is 1. The molecule has 0 saturated heterocycles. The molecule has 2 heterocycles. The molecule has 0 atom stereocenters. The molecule has 2 aromatic rings. The van der Waals surface area contributed by atoms with Crippen LogP contribution in [0.2, 0.25) is 0 Å². The molecule has 0 spiro atoms. The summed E-state index contributed by atoms with van der Waals surface area (Å²) in [4.78, 5) is 15.5. The van der Waals surface area contributed by atoms with E-state index in [0.29, 0.717) is 5.82 Å². The molecule has 0 aliphatic rings. The highest BCUT2D eigenvalue weighted by molar-refractivity contribution is 5.96. The number of aromatic nitrogens is 3. The maximum absolute atomic E-state index is 11.6. The van der Waals surface area contributed by atoms with Gasteiger partial charge in [0.25, 0.3) is 0 Å². The van der Waals surface area contributed by atoms with Crippen LogP contribution in [0.15, 0.2) is 18.5 Å². The lowest BCUT2D eigenvalue weighted by Crippen LogP contribution is -2.27. The topological polar surface area (TPSA) is 79.9 Å². The minimum absolute atomic E-state index is 0.441. The lowest BCUT2D eigenvalue weighted by atomic mass is 10.2.